The van der Waals surface area contributed by atoms with Gasteiger partial charge in [-0.25, -0.2) is 22.8 Å². The number of halogens is 1. The largest absolute Gasteiger partial charge is 0.326 e. The average Bonchev–Trinajstić information content (AvgIpc) is 3.58. The Bertz CT molecular complexity index is 1170. The first-order valence-corrected chi connectivity index (χ1v) is 10.8. The molecule has 1 aliphatic carbocycles. The Morgan fingerprint density at radius 2 is 1.87 bits per heavy atom. The molecular weight excluding hydrogens is 409 g/mol. The SMILES string of the molecule is O=C(Cc1nc(NS(=O)(=O)C2CC2)ncc1F)Nc1ccc(-c2cccnc2)cc1. The van der Waals surface area contributed by atoms with E-state index in [1.54, 1.807) is 24.5 Å². The lowest BCUT2D eigenvalue weighted by Gasteiger charge is -2.09. The van der Waals surface area contributed by atoms with E-state index in [1.807, 2.05) is 24.3 Å². The Labute approximate surface area is 172 Å². The van der Waals surface area contributed by atoms with Crippen LogP contribution in [0.5, 0.6) is 0 Å². The summed E-state index contributed by atoms with van der Waals surface area (Å²) in [6.07, 6.45) is 5.06. The Hall–Kier alpha value is -3.40. The normalized spacial score (nSPS) is 13.6. The quantitative estimate of drug-likeness (QED) is 0.599. The predicted molar refractivity (Wildman–Crippen MR) is 110 cm³/mol. The molecule has 1 fully saturated rings. The zero-order valence-electron chi connectivity index (χ0n) is 15.7. The average molecular weight is 427 g/mol. The number of benzene rings is 1. The summed E-state index contributed by atoms with van der Waals surface area (Å²) in [6, 6.07) is 10.9. The molecule has 3 aromatic rings. The van der Waals surface area contributed by atoms with Crippen LogP contribution in [-0.4, -0.2) is 34.5 Å². The van der Waals surface area contributed by atoms with Crippen molar-refractivity contribution in [2.75, 3.05) is 10.0 Å². The maximum atomic E-state index is 14.0. The summed E-state index contributed by atoms with van der Waals surface area (Å²) >= 11 is 0. The summed E-state index contributed by atoms with van der Waals surface area (Å²) < 4.78 is 40.2. The van der Waals surface area contributed by atoms with Crippen molar-refractivity contribution < 1.29 is 17.6 Å². The predicted octanol–water partition coefficient (Wildman–Crippen LogP) is 2.76. The van der Waals surface area contributed by atoms with Crippen LogP contribution in [0.25, 0.3) is 11.1 Å². The van der Waals surface area contributed by atoms with Gasteiger partial charge in [0.25, 0.3) is 0 Å². The lowest BCUT2D eigenvalue weighted by molar-refractivity contribution is -0.115. The highest BCUT2D eigenvalue weighted by Crippen LogP contribution is 2.29. The molecule has 1 aromatic carbocycles. The number of hydrogen-bond acceptors (Lipinski definition) is 6. The molecule has 0 saturated heterocycles. The lowest BCUT2D eigenvalue weighted by Crippen LogP contribution is -2.21. The van der Waals surface area contributed by atoms with Gasteiger partial charge in [-0.2, -0.15) is 0 Å². The topological polar surface area (TPSA) is 114 Å². The smallest absolute Gasteiger partial charge is 0.237 e. The lowest BCUT2D eigenvalue weighted by atomic mass is 10.1. The number of anilines is 2. The third kappa shape index (κ3) is 4.77. The number of rotatable bonds is 7. The highest BCUT2D eigenvalue weighted by Gasteiger charge is 2.36. The number of sulfonamides is 1. The number of nitrogens with one attached hydrogen (secondary N) is 2. The zero-order valence-corrected chi connectivity index (χ0v) is 16.6. The first-order valence-electron chi connectivity index (χ1n) is 9.24. The molecule has 30 heavy (non-hydrogen) atoms. The molecule has 0 atom stereocenters. The molecule has 0 spiro atoms. The van der Waals surface area contributed by atoms with Crippen LogP contribution in [0.1, 0.15) is 18.5 Å². The fourth-order valence-electron chi connectivity index (χ4n) is 2.80. The van der Waals surface area contributed by atoms with Gasteiger partial charge in [-0.15, -0.1) is 0 Å². The maximum absolute atomic E-state index is 14.0. The second-order valence-corrected chi connectivity index (χ2v) is 8.84. The van der Waals surface area contributed by atoms with E-state index in [1.165, 1.54) is 0 Å². The van der Waals surface area contributed by atoms with Gasteiger partial charge in [0.15, 0.2) is 5.82 Å². The first-order chi connectivity index (χ1) is 14.4. The summed E-state index contributed by atoms with van der Waals surface area (Å²) in [5, 5.41) is 2.21. The molecule has 4 rings (SSSR count). The molecule has 154 valence electrons. The molecular formula is C20H18FN5O3S. The van der Waals surface area contributed by atoms with Crippen LogP contribution in [0.2, 0.25) is 0 Å². The van der Waals surface area contributed by atoms with E-state index < -0.39 is 27.0 Å². The fourth-order valence-corrected chi connectivity index (χ4v) is 4.08. The number of carbonyl (C=O) groups is 1. The molecule has 0 radical (unpaired) electrons. The molecule has 2 aromatic heterocycles. The number of pyridine rings is 1. The van der Waals surface area contributed by atoms with E-state index in [4.69, 9.17) is 0 Å². The van der Waals surface area contributed by atoms with Crippen LogP contribution in [0.3, 0.4) is 0 Å². The van der Waals surface area contributed by atoms with Crippen molar-refractivity contribution in [1.29, 1.82) is 0 Å². The number of aromatic nitrogens is 3. The minimum atomic E-state index is -3.58. The van der Waals surface area contributed by atoms with Crippen LogP contribution in [0.15, 0.2) is 55.0 Å². The van der Waals surface area contributed by atoms with Gasteiger partial charge in [0.2, 0.25) is 21.9 Å². The molecule has 1 aliphatic rings. The Kier molecular flexibility index (Phi) is 5.40. The van der Waals surface area contributed by atoms with Gasteiger partial charge in [-0.1, -0.05) is 18.2 Å². The summed E-state index contributed by atoms with van der Waals surface area (Å²) in [5.41, 5.74) is 2.23. The van der Waals surface area contributed by atoms with E-state index in [-0.39, 0.29) is 18.1 Å². The Morgan fingerprint density at radius 1 is 1.10 bits per heavy atom. The zero-order chi connectivity index (χ0) is 21.1. The van der Waals surface area contributed by atoms with E-state index >= 15 is 0 Å². The molecule has 2 heterocycles. The van der Waals surface area contributed by atoms with Crippen LogP contribution in [0, 0.1) is 5.82 Å². The minimum absolute atomic E-state index is 0.192. The highest BCUT2D eigenvalue weighted by atomic mass is 32.2. The van der Waals surface area contributed by atoms with Crippen molar-refractivity contribution >= 4 is 27.6 Å². The first kappa shape index (κ1) is 19.9. The third-order valence-electron chi connectivity index (χ3n) is 4.51. The number of nitrogens with zero attached hydrogens (tertiary/aromatic N) is 3. The van der Waals surface area contributed by atoms with Crippen molar-refractivity contribution in [3.05, 3.63) is 66.5 Å². The summed E-state index contributed by atoms with van der Waals surface area (Å²) in [4.78, 5) is 23.9. The van der Waals surface area contributed by atoms with Crippen molar-refractivity contribution in [3.63, 3.8) is 0 Å². The summed E-state index contributed by atoms with van der Waals surface area (Å²) in [5.74, 6) is -1.52. The van der Waals surface area contributed by atoms with Gasteiger partial charge in [-0.3, -0.25) is 14.5 Å². The van der Waals surface area contributed by atoms with Crippen molar-refractivity contribution in [1.82, 2.24) is 15.0 Å². The number of amides is 1. The summed E-state index contributed by atoms with van der Waals surface area (Å²) in [6.45, 7) is 0. The van der Waals surface area contributed by atoms with Crippen molar-refractivity contribution in [3.8, 4) is 11.1 Å². The Morgan fingerprint density at radius 3 is 2.53 bits per heavy atom. The minimum Gasteiger partial charge on any atom is -0.326 e. The monoisotopic (exact) mass is 427 g/mol. The third-order valence-corrected chi connectivity index (χ3v) is 6.32. The van der Waals surface area contributed by atoms with Gasteiger partial charge >= 0.3 is 0 Å². The van der Waals surface area contributed by atoms with Gasteiger partial charge in [0.05, 0.1) is 23.6 Å². The van der Waals surface area contributed by atoms with Gasteiger partial charge in [0, 0.05) is 18.1 Å². The molecule has 8 nitrogen and oxygen atoms in total. The van der Waals surface area contributed by atoms with Crippen LogP contribution in [-0.2, 0) is 21.2 Å². The fraction of sp³-hybridized carbons (Fsp3) is 0.200. The maximum Gasteiger partial charge on any atom is 0.237 e. The molecule has 0 bridgehead atoms. The van der Waals surface area contributed by atoms with Crippen molar-refractivity contribution in [2.24, 2.45) is 0 Å². The highest BCUT2D eigenvalue weighted by molar-refractivity contribution is 7.93. The van der Waals surface area contributed by atoms with E-state index in [2.05, 4.69) is 25.0 Å². The van der Waals surface area contributed by atoms with Crippen LogP contribution >= 0.6 is 0 Å². The summed E-state index contributed by atoms with van der Waals surface area (Å²) in [7, 11) is -3.58. The van der Waals surface area contributed by atoms with E-state index in [9.17, 15) is 17.6 Å². The van der Waals surface area contributed by atoms with Gasteiger partial charge < -0.3 is 5.32 Å². The van der Waals surface area contributed by atoms with Crippen molar-refractivity contribution in [2.45, 2.75) is 24.5 Å². The second-order valence-electron chi connectivity index (χ2n) is 6.88. The van der Waals surface area contributed by atoms with E-state index in [0.29, 0.717) is 18.5 Å². The molecule has 10 heteroatoms. The Balaban J connectivity index is 1.42. The van der Waals surface area contributed by atoms with Gasteiger partial charge in [0.1, 0.15) is 0 Å². The van der Waals surface area contributed by atoms with E-state index in [0.717, 1.165) is 17.3 Å². The molecule has 2 N–H and O–H groups in total. The van der Waals surface area contributed by atoms with Crippen LogP contribution in [0.4, 0.5) is 16.0 Å². The molecule has 1 saturated carbocycles. The standard InChI is InChI=1S/C20H18FN5O3S/c21-17-12-23-20(26-30(28,29)16-7-8-16)25-18(17)10-19(27)24-15-5-3-13(4-6-15)14-2-1-9-22-11-14/h1-6,9,11-12,16H,7-8,10H2,(H,24,27)(H,23,25,26). The molecule has 1 amide bonds. The number of hydrogen-bond donors (Lipinski definition) is 2. The van der Waals surface area contributed by atoms with Gasteiger partial charge in [-0.05, 0) is 42.2 Å². The molecule has 0 aliphatic heterocycles. The molecule has 0 unspecified atom stereocenters. The number of carbonyl (C=O) groups excluding carboxylic acids is 1. The second kappa shape index (κ2) is 8.15. The van der Waals surface area contributed by atoms with Crippen LogP contribution < -0.4 is 10.0 Å².